The standard InChI is InChI=1S/C22H15F3N4O4S.C21H23BN2O4S.C21H17F3N4O3S.C20H13F3N4O2S.C5H2ClF3N2.CH5N/c23-22(24,25)20-8-6-17(26-27-20)14-3-7-19-15(11-14)9-10-29(19)34(31,32)16-4-1-13(2-5-16)18-12-21(30)33-28-18;1-20(2)21(3,4)28-22(27-20)17-7-10-19-16(13-17)11-12-24(19)29(25,26)18-8-5-15(14-23)6-9-18;22-21(23,24)20-8-6-18(26-27-20)14-3-7-19-15(11-14)9-10-28(19)32(30,31)16-4-1-13(2-5-16)17(25)12-29;21-20(22,23)19-8-6-17(25-26-19)14-3-7-18-15(11-14)9-10-27(18)30(28,29)16-4-1-13(12-24)2-5-16;6-4-2-1-3(10-11-4)5(7,8)9;1-2/h1-8,11H,9-10,12H2;5-10,13H,11-12H2,1-4H3;1-8,11,25,29H,9-10,12H2;1-8,11H,9-10H2;1-2H;2H2,1H3. The summed E-state index contributed by atoms with van der Waals surface area (Å²) < 4.78 is 272. The molecular formula is C90H75BClF12N17O13S4. The quantitative estimate of drug-likeness (QED) is 0.0371. The van der Waals surface area contributed by atoms with E-state index in [0.29, 0.717) is 99.6 Å². The van der Waals surface area contributed by atoms with E-state index in [1.807, 2.05) is 58.0 Å². The highest BCUT2D eigenvalue weighted by atomic mass is 35.5. The summed E-state index contributed by atoms with van der Waals surface area (Å²) in [6, 6.07) is 55.8. The fraction of sp³-hybridized carbons (Fsp3) is 0.233. The van der Waals surface area contributed by atoms with Crippen LogP contribution in [0.4, 0.5) is 75.4 Å². The average molecular weight is 2010 g/mol. The number of fused-ring (bicyclic) bond motifs is 4. The highest BCUT2D eigenvalue weighted by molar-refractivity contribution is 7.93. The summed E-state index contributed by atoms with van der Waals surface area (Å²) in [5, 5.41) is 64.6. The molecule has 0 saturated carbocycles. The van der Waals surface area contributed by atoms with E-state index >= 15 is 0 Å². The number of nitriles is 2. The maximum atomic E-state index is 13.3. The smallest absolute Gasteiger partial charge is 0.399 e. The van der Waals surface area contributed by atoms with Crippen molar-refractivity contribution in [2.24, 2.45) is 10.9 Å². The lowest BCUT2D eigenvalue weighted by Crippen LogP contribution is -2.41. The molecule has 716 valence electrons. The fourth-order valence-electron chi connectivity index (χ4n) is 14.6. The van der Waals surface area contributed by atoms with E-state index in [2.05, 4.69) is 56.5 Å². The topological polar surface area (TPSA) is 427 Å². The monoisotopic (exact) mass is 2000 g/mol. The van der Waals surface area contributed by atoms with E-state index in [1.165, 1.54) is 127 Å². The van der Waals surface area contributed by atoms with Crippen molar-refractivity contribution in [2.45, 2.75) is 115 Å². The number of aliphatic hydroxyl groups is 1. The molecule has 48 heteroatoms. The number of nitrogens with zero attached hydrogens (tertiary/aromatic N) is 15. The zero-order valence-corrected chi connectivity index (χ0v) is 76.6. The molecule has 18 rings (SSSR count). The van der Waals surface area contributed by atoms with Crippen molar-refractivity contribution in [2.75, 3.05) is 57.1 Å². The van der Waals surface area contributed by atoms with Crippen molar-refractivity contribution in [3.8, 4) is 45.9 Å². The molecule has 1 saturated heterocycles. The molecule has 0 unspecified atom stereocenters. The number of hydrogen-bond acceptors (Lipinski definition) is 26. The van der Waals surface area contributed by atoms with Crippen LogP contribution in [-0.2, 0) is 109 Å². The highest BCUT2D eigenvalue weighted by Crippen LogP contribution is 2.44. The molecule has 4 N–H and O–H groups in total. The molecule has 0 atom stereocenters. The van der Waals surface area contributed by atoms with Crippen LogP contribution in [0.2, 0.25) is 5.15 Å². The Labute approximate surface area is 786 Å². The number of oxime groups is 1. The zero-order valence-electron chi connectivity index (χ0n) is 72.6. The van der Waals surface area contributed by atoms with Crippen LogP contribution in [0.3, 0.4) is 0 Å². The third-order valence-corrected chi connectivity index (χ3v) is 29.9. The maximum absolute atomic E-state index is 13.3. The minimum atomic E-state index is -4.58. The molecule has 12 aromatic rings. The molecule has 30 nitrogen and oxygen atoms in total. The number of aromatic nitrogens is 8. The van der Waals surface area contributed by atoms with Gasteiger partial charge < -0.3 is 30.4 Å². The molecule has 0 amide bonds. The molecule has 138 heavy (non-hydrogen) atoms. The van der Waals surface area contributed by atoms with Crippen molar-refractivity contribution >= 4 is 104 Å². The van der Waals surface area contributed by atoms with Crippen LogP contribution >= 0.6 is 11.6 Å². The second kappa shape index (κ2) is 40.1. The van der Waals surface area contributed by atoms with Crippen molar-refractivity contribution in [1.82, 2.24) is 40.8 Å². The summed E-state index contributed by atoms with van der Waals surface area (Å²) >= 11 is 5.22. The normalized spacial score (nSPS) is 15.2. The third kappa shape index (κ3) is 22.2. The van der Waals surface area contributed by atoms with E-state index in [1.54, 1.807) is 66.7 Å². The molecule has 8 aromatic carbocycles. The summed E-state index contributed by atoms with van der Waals surface area (Å²) in [5.41, 5.74) is 10.2. The molecule has 0 bridgehead atoms. The molecule has 10 heterocycles. The lowest BCUT2D eigenvalue weighted by atomic mass is 9.78. The zero-order chi connectivity index (χ0) is 100. The number of halogens is 13. The number of sulfonamides is 4. The van der Waals surface area contributed by atoms with Gasteiger partial charge in [0, 0.05) is 48.4 Å². The highest BCUT2D eigenvalue weighted by Gasteiger charge is 2.52. The number of alkyl halides is 12. The Hall–Kier alpha value is -13.8. The minimum Gasteiger partial charge on any atom is -0.399 e. The number of carbonyl (C=O) groups excluding carboxylic acids is 1. The van der Waals surface area contributed by atoms with Gasteiger partial charge in [-0.2, -0.15) is 63.2 Å². The second-order valence-electron chi connectivity index (χ2n) is 31.6. The molecular weight excluding hydrogens is 1930 g/mol. The molecule has 6 aliphatic rings. The Morgan fingerprint density at radius 1 is 0.428 bits per heavy atom. The number of hydrogen-bond donors (Lipinski definition) is 3. The van der Waals surface area contributed by atoms with Gasteiger partial charge in [-0.1, -0.05) is 71.4 Å². The van der Waals surface area contributed by atoms with Gasteiger partial charge in [-0.3, -0.25) is 17.2 Å². The number of anilines is 4. The lowest BCUT2D eigenvalue weighted by molar-refractivity contribution is -0.142. The van der Waals surface area contributed by atoms with Crippen LogP contribution in [0.1, 0.15) is 101 Å². The fourth-order valence-corrected chi connectivity index (χ4v) is 20.7. The second-order valence-corrected chi connectivity index (χ2v) is 39.4. The van der Waals surface area contributed by atoms with Crippen LogP contribution in [-0.4, -0.2) is 155 Å². The Morgan fingerprint density at radius 2 is 0.725 bits per heavy atom. The van der Waals surface area contributed by atoms with Gasteiger partial charge in [-0.15, -0.1) is 40.8 Å². The first-order chi connectivity index (χ1) is 65.0. The maximum Gasteiger partial charge on any atom is 0.494 e. The Kier molecular flexibility index (Phi) is 29.5. The summed E-state index contributed by atoms with van der Waals surface area (Å²) in [6.45, 7) is 8.63. The first kappa shape index (κ1) is 102. The Bertz CT molecular complexity index is 7190. The predicted molar refractivity (Wildman–Crippen MR) is 481 cm³/mol. The lowest BCUT2D eigenvalue weighted by Gasteiger charge is -2.32. The predicted octanol–water partition coefficient (Wildman–Crippen LogP) is 15.0. The number of carbonyl (C=O) groups is 1. The van der Waals surface area contributed by atoms with Gasteiger partial charge in [-0.25, -0.2) is 38.5 Å². The first-order valence-corrected chi connectivity index (χ1v) is 47.2. The van der Waals surface area contributed by atoms with E-state index in [9.17, 15) is 91.2 Å². The molecule has 0 spiro atoms. The van der Waals surface area contributed by atoms with Gasteiger partial charge in [0.05, 0.1) is 118 Å². The Morgan fingerprint density at radius 3 is 1.01 bits per heavy atom. The first-order valence-electron chi connectivity index (χ1n) is 41.0. The van der Waals surface area contributed by atoms with Crippen LogP contribution in [0.25, 0.3) is 33.8 Å². The molecule has 4 aromatic heterocycles. The van der Waals surface area contributed by atoms with Gasteiger partial charge >= 0.3 is 37.8 Å². The molecule has 6 aliphatic heterocycles. The van der Waals surface area contributed by atoms with Crippen molar-refractivity contribution < 1.29 is 110 Å². The van der Waals surface area contributed by atoms with Gasteiger partial charge in [-0.05, 0) is 257 Å². The van der Waals surface area contributed by atoms with Gasteiger partial charge in [0.1, 0.15) is 0 Å². The van der Waals surface area contributed by atoms with Crippen LogP contribution in [0.5, 0.6) is 0 Å². The summed E-state index contributed by atoms with van der Waals surface area (Å²) in [4.78, 5) is 16.2. The SMILES string of the molecule is CC1(C)OB(c2ccc3c(c2)CCN3S(=O)(=O)c2ccc(C#N)cc2)OC1(C)C.CN.FC(F)(F)c1ccc(Cl)nn1.N#Cc1ccc(S(=O)(=O)N2CCc3cc(-c4ccc(C(F)(F)F)nn4)ccc32)cc1.N=C(CO)c1ccc(S(=O)(=O)N2CCc3cc(-c4ccc(C(F)(F)F)nn4)ccc32)cc1.O=C1CC(c2ccc(S(=O)(=O)N3CCc4cc(-c5ccc(C(F)(F)F)nn5)ccc43)cc2)=NO1. The number of aliphatic hydroxyl groups excluding tert-OH is 1. The average Bonchev–Trinajstić information content (AvgIpc) is 1.61. The number of benzene rings is 8. The third-order valence-electron chi connectivity index (χ3n) is 22.4. The summed E-state index contributed by atoms with van der Waals surface area (Å²) in [7, 11) is -14.2. The largest absolute Gasteiger partial charge is 0.494 e. The molecule has 0 aliphatic carbocycles. The summed E-state index contributed by atoms with van der Waals surface area (Å²) in [5.74, 6) is -0.470. The minimum absolute atomic E-state index is 0.0145. The van der Waals surface area contributed by atoms with E-state index in [0.717, 1.165) is 58.0 Å². The molecule has 1 fully saturated rings. The van der Waals surface area contributed by atoms with Crippen LogP contribution in [0, 0.1) is 28.1 Å². The van der Waals surface area contributed by atoms with Gasteiger partial charge in [0.15, 0.2) is 27.9 Å². The van der Waals surface area contributed by atoms with Gasteiger partial charge in [0.2, 0.25) is 0 Å². The van der Waals surface area contributed by atoms with Crippen molar-refractivity contribution in [3.05, 3.63) is 291 Å². The van der Waals surface area contributed by atoms with E-state index in [4.69, 9.17) is 41.9 Å². The van der Waals surface area contributed by atoms with Crippen molar-refractivity contribution in [1.29, 1.82) is 15.9 Å². The van der Waals surface area contributed by atoms with E-state index in [-0.39, 0.29) is 73.6 Å². The van der Waals surface area contributed by atoms with Gasteiger partial charge in [0.25, 0.3) is 40.1 Å². The number of nitrogens with one attached hydrogen (secondary N) is 1. The van der Waals surface area contributed by atoms with Crippen LogP contribution in [0.15, 0.2) is 243 Å². The van der Waals surface area contributed by atoms with Crippen molar-refractivity contribution in [3.63, 3.8) is 0 Å². The number of nitrogens with two attached hydrogens (primary N) is 1. The summed E-state index contributed by atoms with van der Waals surface area (Å²) in [6.07, 6.45) is -16.2. The molecule has 0 radical (unpaired) electrons. The van der Waals surface area contributed by atoms with Crippen LogP contribution < -0.4 is 28.4 Å². The van der Waals surface area contributed by atoms with E-state index < -0.39 is 118 Å². The number of rotatable bonds is 15. The Balaban J connectivity index is 0.000000149.